The summed E-state index contributed by atoms with van der Waals surface area (Å²) in [6.45, 7) is 1.40. The fraction of sp³-hybridized carbons (Fsp3) is 0.263. The number of unbranched alkanes of at least 4 members (excludes halogenated alkanes) is 2. The quantitative estimate of drug-likeness (QED) is 0.337. The van der Waals surface area contributed by atoms with Crippen LogP contribution in [-0.4, -0.2) is 25.0 Å². The third kappa shape index (κ3) is 5.53. The van der Waals surface area contributed by atoms with Crippen molar-refractivity contribution in [1.29, 1.82) is 10.8 Å². The van der Waals surface area contributed by atoms with Crippen molar-refractivity contribution in [2.45, 2.75) is 19.3 Å². The van der Waals surface area contributed by atoms with E-state index in [0.717, 1.165) is 30.6 Å². The summed E-state index contributed by atoms with van der Waals surface area (Å²) in [5.41, 5.74) is 13.3. The Hall–Kier alpha value is -3.02. The van der Waals surface area contributed by atoms with E-state index in [-0.39, 0.29) is 11.9 Å². The van der Waals surface area contributed by atoms with Gasteiger partial charge in [-0.3, -0.25) is 10.8 Å². The molecule has 0 atom stereocenters. The number of guanidine groups is 2. The SMILES string of the molecule is N=C(N)N(CCCCCN(C(=N)N)c1ccccc1)c1ccccc1. The first-order valence-corrected chi connectivity index (χ1v) is 8.43. The predicted molar refractivity (Wildman–Crippen MR) is 105 cm³/mol. The lowest BCUT2D eigenvalue weighted by Gasteiger charge is -2.24. The summed E-state index contributed by atoms with van der Waals surface area (Å²) in [7, 11) is 0. The molecule has 0 aromatic heterocycles. The van der Waals surface area contributed by atoms with Gasteiger partial charge in [0.1, 0.15) is 0 Å². The van der Waals surface area contributed by atoms with Gasteiger partial charge in [0.05, 0.1) is 0 Å². The van der Waals surface area contributed by atoms with E-state index in [1.807, 2.05) is 60.7 Å². The number of benzene rings is 2. The maximum atomic E-state index is 7.76. The van der Waals surface area contributed by atoms with Gasteiger partial charge >= 0.3 is 0 Å². The van der Waals surface area contributed by atoms with E-state index in [1.54, 1.807) is 9.80 Å². The summed E-state index contributed by atoms with van der Waals surface area (Å²) in [6, 6.07) is 19.5. The van der Waals surface area contributed by atoms with Crippen molar-refractivity contribution in [3.63, 3.8) is 0 Å². The number of para-hydroxylation sites is 2. The van der Waals surface area contributed by atoms with Gasteiger partial charge in [0.2, 0.25) is 0 Å². The number of nitrogens with two attached hydrogens (primary N) is 2. The monoisotopic (exact) mass is 338 g/mol. The van der Waals surface area contributed by atoms with Crippen LogP contribution in [0, 0.1) is 10.8 Å². The molecule has 2 rings (SSSR count). The molecule has 0 amide bonds. The maximum absolute atomic E-state index is 7.76. The zero-order valence-corrected chi connectivity index (χ0v) is 14.4. The highest BCUT2D eigenvalue weighted by Crippen LogP contribution is 2.16. The van der Waals surface area contributed by atoms with Crippen molar-refractivity contribution in [2.24, 2.45) is 11.5 Å². The average molecular weight is 338 g/mol. The van der Waals surface area contributed by atoms with E-state index in [2.05, 4.69) is 0 Å². The Morgan fingerprint density at radius 3 is 1.32 bits per heavy atom. The fourth-order valence-electron chi connectivity index (χ4n) is 2.71. The lowest BCUT2D eigenvalue weighted by atomic mass is 10.2. The first-order chi connectivity index (χ1) is 12.1. The highest BCUT2D eigenvalue weighted by molar-refractivity contribution is 5.92. The van der Waals surface area contributed by atoms with Crippen molar-refractivity contribution in [3.8, 4) is 0 Å². The van der Waals surface area contributed by atoms with Crippen molar-refractivity contribution >= 4 is 23.3 Å². The Bertz CT molecular complexity index is 611. The normalized spacial score (nSPS) is 10.2. The summed E-state index contributed by atoms with van der Waals surface area (Å²) in [5.74, 6) is 0.113. The van der Waals surface area contributed by atoms with Gasteiger partial charge in [0.25, 0.3) is 0 Å². The van der Waals surface area contributed by atoms with Crippen molar-refractivity contribution in [2.75, 3.05) is 22.9 Å². The third-order valence-corrected chi connectivity index (χ3v) is 3.98. The molecule has 6 heteroatoms. The van der Waals surface area contributed by atoms with Gasteiger partial charge in [0, 0.05) is 24.5 Å². The smallest absolute Gasteiger partial charge is 0.192 e. The predicted octanol–water partition coefficient (Wildman–Crippen LogP) is 2.96. The molecular formula is C19H26N6. The fourth-order valence-corrected chi connectivity index (χ4v) is 2.71. The zero-order chi connectivity index (χ0) is 18.1. The molecule has 0 unspecified atom stereocenters. The molecule has 0 aliphatic rings. The van der Waals surface area contributed by atoms with E-state index in [9.17, 15) is 0 Å². The molecule has 0 fully saturated rings. The van der Waals surface area contributed by atoms with E-state index in [0.29, 0.717) is 13.1 Å². The highest BCUT2D eigenvalue weighted by Gasteiger charge is 2.10. The van der Waals surface area contributed by atoms with Crippen LogP contribution in [0.4, 0.5) is 11.4 Å². The molecule has 2 aromatic carbocycles. The molecule has 0 radical (unpaired) electrons. The first kappa shape index (κ1) is 18.3. The van der Waals surface area contributed by atoms with Crippen LogP contribution in [-0.2, 0) is 0 Å². The summed E-state index contributed by atoms with van der Waals surface area (Å²) in [6.07, 6.45) is 2.79. The van der Waals surface area contributed by atoms with Gasteiger partial charge in [0.15, 0.2) is 11.9 Å². The van der Waals surface area contributed by atoms with Gasteiger partial charge in [-0.25, -0.2) is 0 Å². The van der Waals surface area contributed by atoms with Crippen LogP contribution in [0.5, 0.6) is 0 Å². The Labute approximate surface area is 149 Å². The van der Waals surface area contributed by atoms with E-state index in [1.165, 1.54) is 0 Å². The standard InChI is InChI=1S/C19H26N6/c20-18(21)24(16-10-4-1-5-11-16)14-8-3-9-15-25(19(22)23)17-12-6-2-7-13-17/h1-2,4-7,10-13H,3,8-9,14-15H2,(H3,20,21)(H3,22,23). The molecule has 2 aromatic rings. The molecule has 0 saturated heterocycles. The van der Waals surface area contributed by atoms with Crippen LogP contribution in [0.3, 0.4) is 0 Å². The van der Waals surface area contributed by atoms with Crippen LogP contribution in [0.2, 0.25) is 0 Å². The Morgan fingerprint density at radius 2 is 1.00 bits per heavy atom. The summed E-state index contributed by atoms with van der Waals surface area (Å²) in [4.78, 5) is 3.61. The first-order valence-electron chi connectivity index (χ1n) is 8.43. The highest BCUT2D eigenvalue weighted by atomic mass is 15.2. The number of anilines is 2. The molecule has 0 spiro atoms. The second-order valence-electron chi connectivity index (χ2n) is 5.81. The molecule has 0 bridgehead atoms. The second-order valence-corrected chi connectivity index (χ2v) is 5.81. The van der Waals surface area contributed by atoms with E-state index >= 15 is 0 Å². The van der Waals surface area contributed by atoms with Crippen LogP contribution in [0.25, 0.3) is 0 Å². The van der Waals surface area contributed by atoms with E-state index in [4.69, 9.17) is 22.3 Å². The number of nitrogens with zero attached hydrogens (tertiary/aromatic N) is 2. The van der Waals surface area contributed by atoms with Gasteiger partial charge in [-0.1, -0.05) is 36.4 Å². The van der Waals surface area contributed by atoms with Gasteiger partial charge in [-0.2, -0.15) is 0 Å². The zero-order valence-electron chi connectivity index (χ0n) is 14.4. The number of hydrogen-bond acceptors (Lipinski definition) is 2. The lowest BCUT2D eigenvalue weighted by Crippen LogP contribution is -2.38. The largest absolute Gasteiger partial charge is 0.370 e. The molecule has 6 nitrogen and oxygen atoms in total. The summed E-state index contributed by atoms with van der Waals surface area (Å²) < 4.78 is 0. The van der Waals surface area contributed by atoms with Crippen LogP contribution < -0.4 is 21.3 Å². The molecule has 132 valence electrons. The molecule has 25 heavy (non-hydrogen) atoms. The Morgan fingerprint density at radius 1 is 0.640 bits per heavy atom. The number of hydrogen-bond donors (Lipinski definition) is 4. The topological polar surface area (TPSA) is 106 Å². The Balaban J connectivity index is 1.81. The van der Waals surface area contributed by atoms with Crippen LogP contribution in [0.15, 0.2) is 60.7 Å². The third-order valence-electron chi connectivity index (χ3n) is 3.98. The number of nitrogens with one attached hydrogen (secondary N) is 2. The summed E-state index contributed by atoms with van der Waals surface area (Å²) >= 11 is 0. The molecule has 0 aliphatic heterocycles. The average Bonchev–Trinajstić information content (AvgIpc) is 2.62. The van der Waals surface area contributed by atoms with Crippen molar-refractivity contribution < 1.29 is 0 Å². The van der Waals surface area contributed by atoms with Crippen LogP contribution in [0.1, 0.15) is 19.3 Å². The van der Waals surface area contributed by atoms with Gasteiger partial charge in [-0.05, 0) is 43.5 Å². The molecule has 0 saturated carbocycles. The van der Waals surface area contributed by atoms with Crippen molar-refractivity contribution in [3.05, 3.63) is 60.7 Å². The number of rotatable bonds is 8. The molecule has 0 heterocycles. The second kappa shape index (κ2) is 9.32. The van der Waals surface area contributed by atoms with E-state index < -0.39 is 0 Å². The molecule has 0 aliphatic carbocycles. The lowest BCUT2D eigenvalue weighted by molar-refractivity contribution is 0.685. The minimum atomic E-state index is 0.0563. The minimum absolute atomic E-state index is 0.0563. The van der Waals surface area contributed by atoms with Gasteiger partial charge in [-0.15, -0.1) is 0 Å². The molecular weight excluding hydrogens is 312 g/mol. The maximum Gasteiger partial charge on any atom is 0.192 e. The molecule has 6 N–H and O–H groups in total. The van der Waals surface area contributed by atoms with Crippen molar-refractivity contribution in [1.82, 2.24) is 0 Å². The van der Waals surface area contributed by atoms with Gasteiger partial charge < -0.3 is 21.3 Å². The minimum Gasteiger partial charge on any atom is -0.370 e. The summed E-state index contributed by atoms with van der Waals surface area (Å²) in [5, 5.41) is 15.5. The van der Waals surface area contributed by atoms with Crippen LogP contribution >= 0.6 is 0 Å². The Kier molecular flexibility index (Phi) is 6.83.